The van der Waals surface area contributed by atoms with Gasteiger partial charge in [-0.05, 0) is 48.7 Å². The molecule has 0 aliphatic carbocycles. The first kappa shape index (κ1) is 24.2. The van der Waals surface area contributed by atoms with Gasteiger partial charge in [0, 0.05) is 23.6 Å². The highest BCUT2D eigenvalue weighted by molar-refractivity contribution is 8.00. The number of anilines is 1. The summed E-state index contributed by atoms with van der Waals surface area (Å²) >= 11 is 1.23. The lowest BCUT2D eigenvalue weighted by atomic mass is 10.0. The molecule has 0 fully saturated rings. The van der Waals surface area contributed by atoms with Gasteiger partial charge >= 0.3 is 6.03 Å². The van der Waals surface area contributed by atoms with E-state index in [4.69, 9.17) is 0 Å². The lowest BCUT2D eigenvalue weighted by molar-refractivity contribution is -0.119. The second-order valence-corrected chi connectivity index (χ2v) is 9.47. The Morgan fingerprint density at radius 1 is 0.914 bits per heavy atom. The predicted molar refractivity (Wildman–Crippen MR) is 138 cm³/mol. The summed E-state index contributed by atoms with van der Waals surface area (Å²) in [5.74, 6) is 0.455. The van der Waals surface area contributed by atoms with E-state index in [1.165, 1.54) is 11.8 Å². The first-order chi connectivity index (χ1) is 16.9. The molecule has 2 aromatic carbocycles. The van der Waals surface area contributed by atoms with Gasteiger partial charge in [-0.2, -0.15) is 0 Å². The van der Waals surface area contributed by atoms with Crippen LogP contribution in [0.25, 0.3) is 17.1 Å². The Labute approximate surface area is 208 Å². The van der Waals surface area contributed by atoms with Crippen molar-refractivity contribution in [2.24, 2.45) is 0 Å². The van der Waals surface area contributed by atoms with Gasteiger partial charge in [-0.25, -0.2) is 4.79 Å². The number of benzene rings is 2. The molecular weight excluding hydrogens is 460 g/mol. The first-order valence-corrected chi connectivity index (χ1v) is 12.1. The summed E-state index contributed by atoms with van der Waals surface area (Å²) in [5, 5.41) is 13.8. The fraction of sp³-hybridized carbons (Fsp3) is 0.192. The summed E-state index contributed by atoms with van der Waals surface area (Å²) in [6, 6.07) is 20.2. The van der Waals surface area contributed by atoms with Crippen LogP contribution >= 0.6 is 11.8 Å². The summed E-state index contributed by atoms with van der Waals surface area (Å²) in [6.45, 7) is 5.98. The van der Waals surface area contributed by atoms with Crippen LogP contribution in [-0.4, -0.2) is 36.9 Å². The minimum atomic E-state index is -0.604. The van der Waals surface area contributed by atoms with E-state index in [2.05, 4.69) is 45.7 Å². The van der Waals surface area contributed by atoms with E-state index < -0.39 is 17.2 Å². The van der Waals surface area contributed by atoms with Crippen LogP contribution in [0.4, 0.5) is 10.5 Å². The van der Waals surface area contributed by atoms with Gasteiger partial charge in [0.1, 0.15) is 0 Å². The number of thioether (sulfide) groups is 1. The van der Waals surface area contributed by atoms with Gasteiger partial charge in [-0.15, -0.1) is 10.2 Å². The van der Waals surface area contributed by atoms with Crippen molar-refractivity contribution in [1.29, 1.82) is 0 Å². The van der Waals surface area contributed by atoms with Crippen molar-refractivity contribution in [1.82, 2.24) is 25.1 Å². The smallest absolute Gasteiger partial charge is 0.308 e. The van der Waals surface area contributed by atoms with Crippen molar-refractivity contribution >= 4 is 29.4 Å². The minimum Gasteiger partial charge on any atom is -0.308 e. The summed E-state index contributed by atoms with van der Waals surface area (Å²) in [7, 11) is 0. The standard InChI is InChI=1S/C26H26N6O2S/c1-17(2)21-13-7-8-14-22(21)32-23(19-10-9-15-27-16-19)30-31-26(32)35-18(3)24(33)29-25(34)28-20-11-5-4-6-12-20/h4-18H,1-3H3,(H2,28,29,33,34). The fourth-order valence-corrected chi connectivity index (χ4v) is 4.39. The Hall–Kier alpha value is -3.98. The van der Waals surface area contributed by atoms with Gasteiger partial charge in [-0.3, -0.25) is 19.7 Å². The number of pyridine rings is 1. The molecule has 2 aromatic heterocycles. The SMILES string of the molecule is CC(Sc1nnc(-c2cccnc2)n1-c1ccccc1C(C)C)C(=O)NC(=O)Nc1ccccc1. The summed E-state index contributed by atoms with van der Waals surface area (Å²) in [5.41, 5.74) is 3.47. The highest BCUT2D eigenvalue weighted by Crippen LogP contribution is 2.33. The van der Waals surface area contributed by atoms with Crippen LogP contribution in [0.3, 0.4) is 0 Å². The molecular formula is C26H26N6O2S. The topological polar surface area (TPSA) is 102 Å². The molecule has 0 spiro atoms. The molecule has 0 radical (unpaired) electrons. The number of nitrogens with one attached hydrogen (secondary N) is 2. The van der Waals surface area contributed by atoms with Crippen LogP contribution in [0.1, 0.15) is 32.3 Å². The van der Waals surface area contributed by atoms with E-state index >= 15 is 0 Å². The Morgan fingerprint density at radius 2 is 1.66 bits per heavy atom. The molecule has 35 heavy (non-hydrogen) atoms. The molecule has 1 atom stereocenters. The monoisotopic (exact) mass is 486 g/mol. The van der Waals surface area contributed by atoms with Crippen molar-refractivity contribution in [3.63, 3.8) is 0 Å². The van der Waals surface area contributed by atoms with Crippen molar-refractivity contribution < 1.29 is 9.59 Å². The number of rotatable bonds is 7. The van der Waals surface area contributed by atoms with Gasteiger partial charge in [0.25, 0.3) is 0 Å². The Bertz CT molecular complexity index is 1310. The average molecular weight is 487 g/mol. The zero-order valence-corrected chi connectivity index (χ0v) is 20.5. The predicted octanol–water partition coefficient (Wildman–Crippen LogP) is 5.28. The quantitative estimate of drug-likeness (QED) is 0.345. The molecule has 2 N–H and O–H groups in total. The number of hydrogen-bond donors (Lipinski definition) is 2. The van der Waals surface area contributed by atoms with E-state index in [1.54, 1.807) is 43.6 Å². The van der Waals surface area contributed by atoms with Crippen LogP contribution in [0.2, 0.25) is 0 Å². The van der Waals surface area contributed by atoms with Crippen LogP contribution in [0, 0.1) is 0 Å². The van der Waals surface area contributed by atoms with Crippen LogP contribution in [0.15, 0.2) is 84.3 Å². The van der Waals surface area contributed by atoms with E-state index in [1.807, 2.05) is 41.0 Å². The second kappa shape index (κ2) is 11.0. The number of aromatic nitrogens is 4. The molecule has 178 valence electrons. The van der Waals surface area contributed by atoms with E-state index in [-0.39, 0.29) is 5.92 Å². The molecule has 4 aromatic rings. The first-order valence-electron chi connectivity index (χ1n) is 11.2. The van der Waals surface area contributed by atoms with Gasteiger partial charge in [0.2, 0.25) is 5.91 Å². The van der Waals surface area contributed by atoms with E-state index in [9.17, 15) is 9.59 Å². The third-order valence-electron chi connectivity index (χ3n) is 5.27. The zero-order valence-electron chi connectivity index (χ0n) is 19.7. The van der Waals surface area contributed by atoms with Crippen LogP contribution < -0.4 is 10.6 Å². The lowest BCUT2D eigenvalue weighted by Gasteiger charge is -2.18. The molecule has 9 heteroatoms. The summed E-state index contributed by atoms with van der Waals surface area (Å²) in [6.07, 6.45) is 3.44. The van der Waals surface area contributed by atoms with Crippen molar-refractivity contribution in [3.8, 4) is 17.1 Å². The number of para-hydroxylation sites is 2. The maximum absolute atomic E-state index is 12.8. The van der Waals surface area contributed by atoms with Gasteiger partial charge in [0.15, 0.2) is 11.0 Å². The van der Waals surface area contributed by atoms with Crippen LogP contribution in [0.5, 0.6) is 0 Å². The second-order valence-electron chi connectivity index (χ2n) is 8.17. The molecule has 3 amide bonds. The molecule has 1 unspecified atom stereocenters. The third-order valence-corrected chi connectivity index (χ3v) is 6.32. The number of hydrogen-bond acceptors (Lipinski definition) is 6. The number of urea groups is 1. The normalized spacial score (nSPS) is 11.8. The maximum atomic E-state index is 12.8. The molecule has 0 saturated carbocycles. The molecule has 2 heterocycles. The Balaban J connectivity index is 1.61. The number of nitrogens with zero attached hydrogens (tertiary/aromatic N) is 4. The van der Waals surface area contributed by atoms with Crippen molar-refractivity contribution in [2.75, 3.05) is 5.32 Å². The van der Waals surface area contributed by atoms with Crippen molar-refractivity contribution in [3.05, 3.63) is 84.7 Å². The highest BCUT2D eigenvalue weighted by atomic mass is 32.2. The molecule has 4 rings (SSSR count). The third kappa shape index (κ3) is 5.75. The fourth-order valence-electron chi connectivity index (χ4n) is 3.53. The summed E-state index contributed by atoms with van der Waals surface area (Å²) in [4.78, 5) is 29.3. The number of carbonyl (C=O) groups excluding carboxylic acids is 2. The molecule has 0 aliphatic rings. The highest BCUT2D eigenvalue weighted by Gasteiger charge is 2.24. The largest absolute Gasteiger partial charge is 0.325 e. The molecule has 0 bridgehead atoms. The van der Waals surface area contributed by atoms with E-state index in [0.29, 0.717) is 16.7 Å². The lowest BCUT2D eigenvalue weighted by Crippen LogP contribution is -2.38. The van der Waals surface area contributed by atoms with Crippen molar-refractivity contribution in [2.45, 2.75) is 37.1 Å². The minimum absolute atomic E-state index is 0.260. The van der Waals surface area contributed by atoms with Crippen LogP contribution in [-0.2, 0) is 4.79 Å². The zero-order chi connectivity index (χ0) is 24.8. The average Bonchev–Trinajstić information content (AvgIpc) is 3.28. The Kier molecular flexibility index (Phi) is 7.57. The molecule has 0 aliphatic heterocycles. The molecule has 8 nitrogen and oxygen atoms in total. The van der Waals surface area contributed by atoms with Gasteiger partial charge in [0.05, 0.1) is 10.9 Å². The molecule has 0 saturated heterocycles. The number of imide groups is 1. The number of carbonyl (C=O) groups is 2. The maximum Gasteiger partial charge on any atom is 0.325 e. The van der Waals surface area contributed by atoms with Gasteiger partial charge in [-0.1, -0.05) is 62.0 Å². The summed E-state index contributed by atoms with van der Waals surface area (Å²) < 4.78 is 1.95. The van der Waals surface area contributed by atoms with E-state index in [0.717, 1.165) is 16.8 Å². The van der Waals surface area contributed by atoms with Gasteiger partial charge < -0.3 is 5.32 Å². The number of amides is 3. The Morgan fingerprint density at radius 3 is 2.37 bits per heavy atom.